The van der Waals surface area contributed by atoms with Gasteiger partial charge in [-0.2, -0.15) is 0 Å². The van der Waals surface area contributed by atoms with Crippen molar-refractivity contribution in [2.75, 3.05) is 6.61 Å². The molecule has 0 bridgehead atoms. The standard InChI is InChI=1S/C29H35NO5/c1-20-9-13-25(14-10-20)35-29(3,28(31)32)19-22-11-15-24(16-12-22)33-18-17-26-21(2)34-27(30-26)23-7-5-4-6-8-23/h9-16,23H,4-8,17-19H2,1-3H3,(H,31,32)/t29-/m0/s1. The number of hydrogen-bond donors (Lipinski definition) is 1. The molecule has 1 saturated carbocycles. The number of aliphatic carboxylic acids is 1. The van der Waals surface area contributed by atoms with Gasteiger partial charge >= 0.3 is 5.97 Å². The van der Waals surface area contributed by atoms with E-state index in [1.807, 2.05) is 50.2 Å². The molecule has 0 aliphatic heterocycles. The van der Waals surface area contributed by atoms with Gasteiger partial charge in [0.2, 0.25) is 5.60 Å². The average molecular weight is 478 g/mol. The Morgan fingerprint density at radius 3 is 2.34 bits per heavy atom. The van der Waals surface area contributed by atoms with Gasteiger partial charge in [-0.05, 0) is 63.4 Å². The number of ether oxygens (including phenoxy) is 2. The molecule has 0 amide bonds. The summed E-state index contributed by atoms with van der Waals surface area (Å²) in [4.78, 5) is 16.8. The lowest BCUT2D eigenvalue weighted by Crippen LogP contribution is -2.43. The van der Waals surface area contributed by atoms with Crippen LogP contribution in [0, 0.1) is 13.8 Å². The lowest BCUT2D eigenvalue weighted by Gasteiger charge is -2.26. The van der Waals surface area contributed by atoms with Gasteiger partial charge < -0.3 is 19.0 Å². The smallest absolute Gasteiger partial charge is 0.348 e. The summed E-state index contributed by atoms with van der Waals surface area (Å²) in [6.07, 6.45) is 7.07. The molecular formula is C29H35NO5. The molecule has 186 valence electrons. The van der Waals surface area contributed by atoms with Gasteiger partial charge in [0, 0.05) is 18.8 Å². The van der Waals surface area contributed by atoms with Crippen LogP contribution in [0.1, 0.15) is 73.4 Å². The largest absolute Gasteiger partial charge is 0.493 e. The summed E-state index contributed by atoms with van der Waals surface area (Å²) in [5.41, 5.74) is 1.54. The van der Waals surface area contributed by atoms with Crippen molar-refractivity contribution in [3.05, 3.63) is 77.0 Å². The van der Waals surface area contributed by atoms with Gasteiger partial charge in [-0.3, -0.25) is 0 Å². The van der Waals surface area contributed by atoms with Crippen LogP contribution in [0.15, 0.2) is 52.9 Å². The van der Waals surface area contributed by atoms with E-state index < -0.39 is 11.6 Å². The first kappa shape index (κ1) is 24.8. The zero-order valence-corrected chi connectivity index (χ0v) is 20.9. The van der Waals surface area contributed by atoms with Crippen molar-refractivity contribution >= 4 is 5.97 Å². The molecule has 1 aliphatic rings. The van der Waals surface area contributed by atoms with Crippen molar-refractivity contribution in [2.24, 2.45) is 0 Å². The Kier molecular flexibility index (Phi) is 7.79. The molecule has 0 saturated heterocycles. The summed E-state index contributed by atoms with van der Waals surface area (Å²) in [5.74, 6) is 2.49. The second-order valence-corrected chi connectivity index (χ2v) is 9.76. The van der Waals surface area contributed by atoms with Crippen LogP contribution in [0.3, 0.4) is 0 Å². The summed E-state index contributed by atoms with van der Waals surface area (Å²) in [6.45, 7) is 6.05. The Morgan fingerprint density at radius 1 is 1.03 bits per heavy atom. The second-order valence-electron chi connectivity index (χ2n) is 9.76. The van der Waals surface area contributed by atoms with Crippen molar-refractivity contribution in [3.63, 3.8) is 0 Å². The number of benzene rings is 2. The quantitative estimate of drug-likeness (QED) is 0.363. The minimum atomic E-state index is -1.38. The van der Waals surface area contributed by atoms with Crippen LogP contribution in [0.5, 0.6) is 11.5 Å². The van der Waals surface area contributed by atoms with Gasteiger partial charge in [0.15, 0.2) is 5.89 Å². The first-order valence-corrected chi connectivity index (χ1v) is 12.5. The number of carboxylic acids is 1. The molecular weight excluding hydrogens is 442 g/mol. The zero-order chi connectivity index (χ0) is 24.8. The van der Waals surface area contributed by atoms with E-state index in [9.17, 15) is 9.90 Å². The zero-order valence-electron chi connectivity index (χ0n) is 20.9. The average Bonchev–Trinajstić information content (AvgIpc) is 3.22. The van der Waals surface area contributed by atoms with Crippen LogP contribution in [-0.4, -0.2) is 28.3 Å². The number of carbonyl (C=O) groups is 1. The van der Waals surface area contributed by atoms with Gasteiger partial charge in [0.25, 0.3) is 0 Å². The number of aromatic nitrogens is 1. The fourth-order valence-corrected chi connectivity index (χ4v) is 4.59. The Bertz CT molecular complexity index is 1110. The molecule has 1 aromatic heterocycles. The van der Waals surface area contributed by atoms with E-state index in [0.29, 0.717) is 24.7 Å². The Hall–Kier alpha value is -3.28. The predicted molar refractivity (Wildman–Crippen MR) is 134 cm³/mol. The van der Waals surface area contributed by atoms with Crippen molar-refractivity contribution < 1.29 is 23.8 Å². The lowest BCUT2D eigenvalue weighted by molar-refractivity contribution is -0.153. The van der Waals surface area contributed by atoms with Crippen LogP contribution in [0.25, 0.3) is 0 Å². The third kappa shape index (κ3) is 6.44. The molecule has 1 N–H and O–H groups in total. The summed E-state index contributed by atoms with van der Waals surface area (Å²) >= 11 is 0. The first-order valence-electron chi connectivity index (χ1n) is 12.5. The minimum absolute atomic E-state index is 0.235. The monoisotopic (exact) mass is 477 g/mol. The minimum Gasteiger partial charge on any atom is -0.493 e. The van der Waals surface area contributed by atoms with Crippen LogP contribution in [0.4, 0.5) is 0 Å². The highest BCUT2D eigenvalue weighted by atomic mass is 16.5. The number of nitrogens with zero attached hydrogens (tertiary/aromatic N) is 1. The maximum atomic E-state index is 12.0. The third-order valence-electron chi connectivity index (χ3n) is 6.75. The van der Waals surface area contributed by atoms with E-state index in [4.69, 9.17) is 18.9 Å². The molecule has 1 atom stereocenters. The molecule has 6 heteroatoms. The Balaban J connectivity index is 1.31. The molecule has 4 rings (SSSR count). The molecule has 1 aliphatic carbocycles. The van der Waals surface area contributed by atoms with E-state index in [2.05, 4.69) is 0 Å². The molecule has 6 nitrogen and oxygen atoms in total. The summed E-state index contributed by atoms with van der Waals surface area (Å²) < 4.78 is 17.8. The summed E-state index contributed by atoms with van der Waals surface area (Å²) in [5, 5.41) is 9.83. The van der Waals surface area contributed by atoms with Crippen LogP contribution < -0.4 is 9.47 Å². The number of oxazole rings is 1. The molecule has 0 radical (unpaired) electrons. The van der Waals surface area contributed by atoms with Gasteiger partial charge in [-0.25, -0.2) is 9.78 Å². The van der Waals surface area contributed by atoms with Crippen molar-refractivity contribution in [3.8, 4) is 11.5 Å². The molecule has 1 fully saturated rings. The van der Waals surface area contributed by atoms with Crippen LogP contribution >= 0.6 is 0 Å². The van der Waals surface area contributed by atoms with Gasteiger partial charge in [-0.1, -0.05) is 49.1 Å². The molecule has 2 aromatic carbocycles. The predicted octanol–water partition coefficient (Wildman–Crippen LogP) is 6.43. The molecule has 35 heavy (non-hydrogen) atoms. The van der Waals surface area contributed by atoms with Crippen molar-refractivity contribution in [1.29, 1.82) is 0 Å². The van der Waals surface area contributed by atoms with Crippen LogP contribution in [0.2, 0.25) is 0 Å². The van der Waals surface area contributed by atoms with Gasteiger partial charge in [0.1, 0.15) is 17.3 Å². The lowest BCUT2D eigenvalue weighted by atomic mass is 9.89. The van der Waals surface area contributed by atoms with Crippen LogP contribution in [-0.2, 0) is 17.6 Å². The highest BCUT2D eigenvalue weighted by Crippen LogP contribution is 2.33. The molecule has 1 heterocycles. The van der Waals surface area contributed by atoms with Crippen molar-refractivity contribution in [1.82, 2.24) is 4.98 Å². The Labute approximate surface area is 207 Å². The third-order valence-corrected chi connectivity index (χ3v) is 6.75. The first-order chi connectivity index (χ1) is 16.8. The number of rotatable bonds is 10. The van der Waals surface area contributed by atoms with E-state index >= 15 is 0 Å². The maximum Gasteiger partial charge on any atom is 0.348 e. The summed E-state index contributed by atoms with van der Waals surface area (Å²) in [7, 11) is 0. The van der Waals surface area contributed by atoms with E-state index in [1.54, 1.807) is 19.1 Å². The molecule has 0 unspecified atom stereocenters. The maximum absolute atomic E-state index is 12.0. The van der Waals surface area contributed by atoms with E-state index in [-0.39, 0.29) is 6.42 Å². The molecule has 0 spiro atoms. The van der Waals surface area contributed by atoms with E-state index in [0.717, 1.165) is 34.2 Å². The summed E-state index contributed by atoms with van der Waals surface area (Å²) in [6, 6.07) is 14.9. The molecule has 3 aromatic rings. The normalized spacial score (nSPS) is 16.0. The van der Waals surface area contributed by atoms with Gasteiger partial charge in [0.05, 0.1) is 12.3 Å². The number of hydrogen-bond acceptors (Lipinski definition) is 5. The fraction of sp³-hybridized carbons (Fsp3) is 0.448. The fourth-order valence-electron chi connectivity index (χ4n) is 4.59. The van der Waals surface area contributed by atoms with E-state index in [1.165, 1.54) is 32.1 Å². The Morgan fingerprint density at radius 2 is 1.69 bits per heavy atom. The topological polar surface area (TPSA) is 81.8 Å². The number of aryl methyl sites for hydroxylation is 2. The number of carboxylic acid groups (broad SMARTS) is 1. The van der Waals surface area contributed by atoms with Crippen molar-refractivity contribution in [2.45, 2.75) is 77.2 Å². The second kappa shape index (κ2) is 11.0. The highest BCUT2D eigenvalue weighted by molar-refractivity contribution is 5.78. The highest BCUT2D eigenvalue weighted by Gasteiger charge is 2.36. The SMILES string of the molecule is Cc1ccc(O[C@@](C)(Cc2ccc(OCCc3nc(C4CCCCC4)oc3C)cc2)C(=O)O)cc1. The van der Waals surface area contributed by atoms with Gasteiger partial charge in [-0.15, -0.1) is 0 Å².